The first-order chi connectivity index (χ1) is 4.95. The molecule has 0 aromatic heterocycles. The predicted molar refractivity (Wildman–Crippen MR) is 38.1 cm³/mol. The minimum absolute atomic E-state index is 0.119. The van der Waals surface area contributed by atoms with Gasteiger partial charge in [0.25, 0.3) is 5.78 Å². The molecule has 0 fully saturated rings. The molecule has 2 N–H and O–H groups in total. The molecular weight excluding hydrogens is 148 g/mol. The number of carboxylic acids is 1. The lowest BCUT2D eigenvalue weighted by atomic mass is 10.0. The van der Waals surface area contributed by atoms with Crippen LogP contribution in [0.25, 0.3) is 0 Å². The molecule has 11 heavy (non-hydrogen) atoms. The Bertz CT molecular complexity index is 162. The Morgan fingerprint density at radius 2 is 1.82 bits per heavy atom. The summed E-state index contributed by atoms with van der Waals surface area (Å²) >= 11 is 0. The second kappa shape index (κ2) is 4.08. The van der Waals surface area contributed by atoms with Crippen molar-refractivity contribution in [2.75, 3.05) is 0 Å². The van der Waals surface area contributed by atoms with Crippen molar-refractivity contribution in [3.63, 3.8) is 0 Å². The van der Waals surface area contributed by atoms with Gasteiger partial charge < -0.3 is 10.2 Å². The van der Waals surface area contributed by atoms with Crippen LogP contribution in [-0.2, 0) is 9.59 Å². The van der Waals surface area contributed by atoms with Crippen molar-refractivity contribution >= 4 is 11.8 Å². The molecule has 0 aromatic carbocycles. The molecule has 0 saturated heterocycles. The van der Waals surface area contributed by atoms with Crippen molar-refractivity contribution < 1.29 is 19.8 Å². The second-order valence-electron chi connectivity index (χ2n) is 2.81. The number of hydrogen-bond acceptors (Lipinski definition) is 3. The van der Waals surface area contributed by atoms with Crippen molar-refractivity contribution in [1.82, 2.24) is 0 Å². The number of carbonyl (C=O) groups excluding carboxylic acids is 1. The first-order valence-electron chi connectivity index (χ1n) is 3.40. The van der Waals surface area contributed by atoms with Gasteiger partial charge in [0.2, 0.25) is 0 Å². The maximum atomic E-state index is 10.5. The van der Waals surface area contributed by atoms with E-state index in [4.69, 9.17) is 10.2 Å². The SMILES string of the molecule is CC(C)CC(O)C(=O)C(=O)O. The third-order valence-corrected chi connectivity index (χ3v) is 1.21. The summed E-state index contributed by atoms with van der Waals surface area (Å²) in [5.74, 6) is -2.58. The minimum atomic E-state index is -1.57. The molecule has 0 saturated carbocycles. The summed E-state index contributed by atoms with van der Waals surface area (Å²) in [5, 5.41) is 17.1. The van der Waals surface area contributed by atoms with Gasteiger partial charge in [-0.3, -0.25) is 4.79 Å². The Hall–Kier alpha value is -0.900. The highest BCUT2D eigenvalue weighted by molar-refractivity contribution is 6.34. The van der Waals surface area contributed by atoms with Crippen molar-refractivity contribution in [3.8, 4) is 0 Å². The molecule has 0 aliphatic heterocycles. The molecule has 0 aliphatic rings. The summed E-state index contributed by atoms with van der Waals surface area (Å²) in [6.07, 6.45) is -1.15. The quantitative estimate of drug-likeness (QED) is 0.570. The molecule has 0 aliphatic carbocycles. The molecule has 0 radical (unpaired) electrons. The molecule has 0 amide bonds. The lowest BCUT2D eigenvalue weighted by molar-refractivity contribution is -0.153. The van der Waals surface area contributed by atoms with E-state index in [0.29, 0.717) is 0 Å². The molecular formula is C7H12O4. The van der Waals surface area contributed by atoms with E-state index in [0.717, 1.165) is 0 Å². The van der Waals surface area contributed by atoms with Crippen molar-refractivity contribution in [1.29, 1.82) is 0 Å². The Morgan fingerprint density at radius 1 is 1.36 bits per heavy atom. The van der Waals surface area contributed by atoms with Crippen LogP contribution in [0.5, 0.6) is 0 Å². The second-order valence-corrected chi connectivity index (χ2v) is 2.81. The first-order valence-corrected chi connectivity index (χ1v) is 3.40. The first kappa shape index (κ1) is 10.1. The van der Waals surface area contributed by atoms with E-state index in [1.165, 1.54) is 0 Å². The third kappa shape index (κ3) is 3.72. The number of aliphatic hydroxyl groups is 1. The fraction of sp³-hybridized carbons (Fsp3) is 0.714. The summed E-state index contributed by atoms with van der Waals surface area (Å²) < 4.78 is 0. The maximum Gasteiger partial charge on any atom is 0.374 e. The van der Waals surface area contributed by atoms with Gasteiger partial charge in [-0.1, -0.05) is 13.8 Å². The van der Waals surface area contributed by atoms with Crippen LogP contribution in [0, 0.1) is 5.92 Å². The Balaban J connectivity index is 3.93. The lowest BCUT2D eigenvalue weighted by Gasteiger charge is -2.08. The van der Waals surface area contributed by atoms with Crippen molar-refractivity contribution in [3.05, 3.63) is 0 Å². The summed E-state index contributed by atoms with van der Waals surface area (Å²) in [4.78, 5) is 20.5. The van der Waals surface area contributed by atoms with Crippen LogP contribution in [0.2, 0.25) is 0 Å². The standard InChI is InChI=1S/C7H12O4/c1-4(2)3-5(8)6(9)7(10)11/h4-5,8H,3H2,1-2H3,(H,10,11). The van der Waals surface area contributed by atoms with Gasteiger partial charge in [0.15, 0.2) is 0 Å². The average Bonchev–Trinajstić information content (AvgIpc) is 1.84. The summed E-state index contributed by atoms with van der Waals surface area (Å²) in [6.45, 7) is 3.61. The van der Waals surface area contributed by atoms with E-state index in [1.807, 2.05) is 0 Å². The number of Topliss-reactive ketones (excluding diaryl/α,β-unsaturated/α-hetero) is 1. The van der Waals surface area contributed by atoms with Gasteiger partial charge >= 0.3 is 5.97 Å². The van der Waals surface area contributed by atoms with Gasteiger partial charge in [-0.2, -0.15) is 0 Å². The molecule has 0 bridgehead atoms. The van der Waals surface area contributed by atoms with Crippen LogP contribution in [-0.4, -0.2) is 28.1 Å². The van der Waals surface area contributed by atoms with Gasteiger partial charge in [0, 0.05) is 0 Å². The normalized spacial score (nSPS) is 13.1. The molecule has 0 heterocycles. The van der Waals surface area contributed by atoms with Crippen LogP contribution >= 0.6 is 0 Å². The number of aliphatic carboxylic acids is 1. The highest BCUT2D eigenvalue weighted by Crippen LogP contribution is 2.04. The van der Waals surface area contributed by atoms with Crippen LogP contribution in [0.4, 0.5) is 0 Å². The van der Waals surface area contributed by atoms with Gasteiger partial charge in [0.05, 0.1) is 0 Å². The smallest absolute Gasteiger partial charge is 0.374 e. The molecule has 0 spiro atoms. The number of carbonyl (C=O) groups is 2. The van der Waals surface area contributed by atoms with Gasteiger partial charge in [-0.15, -0.1) is 0 Å². The average molecular weight is 160 g/mol. The molecule has 0 aromatic rings. The van der Waals surface area contributed by atoms with E-state index >= 15 is 0 Å². The molecule has 4 nitrogen and oxygen atoms in total. The van der Waals surface area contributed by atoms with Crippen LogP contribution in [0.3, 0.4) is 0 Å². The molecule has 1 unspecified atom stereocenters. The summed E-state index contributed by atoms with van der Waals surface area (Å²) in [7, 11) is 0. The van der Waals surface area contributed by atoms with E-state index in [9.17, 15) is 9.59 Å². The Labute approximate surface area is 64.8 Å². The molecule has 0 rings (SSSR count). The van der Waals surface area contributed by atoms with Crippen LogP contribution in [0.15, 0.2) is 0 Å². The molecule has 64 valence electrons. The van der Waals surface area contributed by atoms with Gasteiger partial charge in [0.1, 0.15) is 6.10 Å². The molecule has 1 atom stereocenters. The summed E-state index contributed by atoms with van der Waals surface area (Å²) in [6, 6.07) is 0. The zero-order valence-electron chi connectivity index (χ0n) is 6.57. The largest absolute Gasteiger partial charge is 0.475 e. The zero-order valence-corrected chi connectivity index (χ0v) is 6.57. The summed E-state index contributed by atoms with van der Waals surface area (Å²) in [5.41, 5.74) is 0. The number of hydrogen-bond donors (Lipinski definition) is 2. The third-order valence-electron chi connectivity index (χ3n) is 1.21. The predicted octanol–water partition coefficient (Wildman–Crippen LogP) is 0.0471. The highest BCUT2D eigenvalue weighted by atomic mass is 16.4. The fourth-order valence-electron chi connectivity index (χ4n) is 0.696. The highest BCUT2D eigenvalue weighted by Gasteiger charge is 2.22. The minimum Gasteiger partial charge on any atom is -0.475 e. The van der Waals surface area contributed by atoms with E-state index in [-0.39, 0.29) is 12.3 Å². The van der Waals surface area contributed by atoms with E-state index in [1.54, 1.807) is 13.8 Å². The van der Waals surface area contributed by atoms with Crippen LogP contribution in [0.1, 0.15) is 20.3 Å². The number of ketones is 1. The topological polar surface area (TPSA) is 74.6 Å². The van der Waals surface area contributed by atoms with Crippen LogP contribution < -0.4 is 0 Å². The van der Waals surface area contributed by atoms with E-state index < -0.39 is 17.9 Å². The van der Waals surface area contributed by atoms with E-state index in [2.05, 4.69) is 0 Å². The van der Waals surface area contributed by atoms with Crippen molar-refractivity contribution in [2.45, 2.75) is 26.4 Å². The maximum absolute atomic E-state index is 10.5. The van der Waals surface area contributed by atoms with Crippen molar-refractivity contribution in [2.24, 2.45) is 5.92 Å². The van der Waals surface area contributed by atoms with Gasteiger partial charge in [-0.05, 0) is 12.3 Å². The Kier molecular flexibility index (Phi) is 3.74. The number of aliphatic hydroxyl groups excluding tert-OH is 1. The fourth-order valence-corrected chi connectivity index (χ4v) is 0.696. The Morgan fingerprint density at radius 3 is 2.09 bits per heavy atom. The number of carboxylic acid groups (broad SMARTS) is 1. The zero-order chi connectivity index (χ0) is 9.02. The number of rotatable bonds is 4. The lowest BCUT2D eigenvalue weighted by Crippen LogP contribution is -2.29. The van der Waals surface area contributed by atoms with Gasteiger partial charge in [-0.25, -0.2) is 4.79 Å². The molecule has 4 heteroatoms. The monoisotopic (exact) mass is 160 g/mol.